The number of carbonyl (C=O) groups excluding carboxylic acids is 3. The van der Waals surface area contributed by atoms with Gasteiger partial charge in [-0.1, -0.05) is 18.2 Å². The minimum absolute atomic E-state index is 0.0403. The molecule has 0 radical (unpaired) electrons. The van der Waals surface area contributed by atoms with Gasteiger partial charge in [0.2, 0.25) is 5.76 Å². The highest BCUT2D eigenvalue weighted by atomic mass is 19.3. The molecule has 144 valence electrons. The Morgan fingerprint density at radius 2 is 1.75 bits per heavy atom. The standard InChI is InChI=1S/C19H13F2NO6/c20-19(21)27-13-7-5-11(6-8-13)17(24)22-16(23)10-26-18(25)15-9-12-3-1-2-4-14(12)28-15/h1-9,19H,10H2,(H,22,23,24). The summed E-state index contributed by atoms with van der Waals surface area (Å²) in [5.41, 5.74) is 0.534. The largest absolute Gasteiger partial charge is 0.450 e. The molecule has 0 aliphatic rings. The Labute approximate surface area is 156 Å². The van der Waals surface area contributed by atoms with Gasteiger partial charge in [-0.05, 0) is 36.4 Å². The number of para-hydroxylation sites is 1. The second-order valence-electron chi connectivity index (χ2n) is 5.50. The van der Waals surface area contributed by atoms with Crippen molar-refractivity contribution in [2.45, 2.75) is 6.61 Å². The summed E-state index contributed by atoms with van der Waals surface area (Å²) >= 11 is 0. The molecule has 3 aromatic rings. The van der Waals surface area contributed by atoms with Crippen molar-refractivity contribution in [1.29, 1.82) is 0 Å². The Morgan fingerprint density at radius 1 is 1.04 bits per heavy atom. The summed E-state index contributed by atoms with van der Waals surface area (Å²) in [5.74, 6) is -2.70. The van der Waals surface area contributed by atoms with Gasteiger partial charge < -0.3 is 13.9 Å². The van der Waals surface area contributed by atoms with Gasteiger partial charge in [-0.25, -0.2) is 4.79 Å². The highest BCUT2D eigenvalue weighted by Crippen LogP contribution is 2.19. The molecule has 0 atom stereocenters. The second-order valence-corrected chi connectivity index (χ2v) is 5.50. The lowest BCUT2D eigenvalue weighted by molar-refractivity contribution is -0.123. The SMILES string of the molecule is O=C(COC(=O)c1cc2ccccc2o1)NC(=O)c1ccc(OC(F)F)cc1. The van der Waals surface area contributed by atoms with Gasteiger partial charge in [0.15, 0.2) is 6.61 Å². The average Bonchev–Trinajstić information content (AvgIpc) is 3.10. The predicted octanol–water partition coefficient (Wildman–Crippen LogP) is 3.15. The first kappa shape index (κ1) is 19.0. The lowest BCUT2D eigenvalue weighted by atomic mass is 10.2. The highest BCUT2D eigenvalue weighted by Gasteiger charge is 2.17. The second kappa shape index (κ2) is 8.30. The van der Waals surface area contributed by atoms with Crippen molar-refractivity contribution < 1.29 is 37.1 Å². The quantitative estimate of drug-likeness (QED) is 0.651. The van der Waals surface area contributed by atoms with Crippen LogP contribution in [-0.4, -0.2) is 31.0 Å². The fourth-order valence-corrected chi connectivity index (χ4v) is 2.31. The van der Waals surface area contributed by atoms with Crippen LogP contribution in [0.5, 0.6) is 5.75 Å². The van der Waals surface area contributed by atoms with Gasteiger partial charge in [-0.2, -0.15) is 8.78 Å². The van der Waals surface area contributed by atoms with Crippen LogP contribution in [0.2, 0.25) is 0 Å². The lowest BCUT2D eigenvalue weighted by Gasteiger charge is -2.07. The van der Waals surface area contributed by atoms with Crippen molar-refractivity contribution in [3.05, 3.63) is 65.9 Å². The van der Waals surface area contributed by atoms with E-state index in [1.165, 1.54) is 18.2 Å². The summed E-state index contributed by atoms with van der Waals surface area (Å²) < 4.78 is 38.5. The number of esters is 1. The van der Waals surface area contributed by atoms with Crippen LogP contribution in [0.25, 0.3) is 11.0 Å². The van der Waals surface area contributed by atoms with E-state index in [9.17, 15) is 23.2 Å². The van der Waals surface area contributed by atoms with Crippen LogP contribution >= 0.6 is 0 Å². The molecule has 3 rings (SSSR count). The number of halogens is 2. The zero-order chi connectivity index (χ0) is 20.1. The Bertz CT molecular complexity index is 980. The van der Waals surface area contributed by atoms with Gasteiger partial charge in [0.1, 0.15) is 11.3 Å². The van der Waals surface area contributed by atoms with E-state index >= 15 is 0 Å². The van der Waals surface area contributed by atoms with Crippen molar-refractivity contribution in [3.63, 3.8) is 0 Å². The maximum Gasteiger partial charge on any atom is 0.387 e. The summed E-state index contributed by atoms with van der Waals surface area (Å²) in [6.45, 7) is -3.68. The molecule has 7 nitrogen and oxygen atoms in total. The molecule has 0 aliphatic carbocycles. The van der Waals surface area contributed by atoms with Crippen molar-refractivity contribution in [1.82, 2.24) is 5.32 Å². The van der Waals surface area contributed by atoms with Gasteiger partial charge in [0.25, 0.3) is 11.8 Å². The van der Waals surface area contributed by atoms with Crippen molar-refractivity contribution in [2.24, 2.45) is 0 Å². The Kier molecular flexibility index (Phi) is 5.64. The summed E-state index contributed by atoms with van der Waals surface area (Å²) in [4.78, 5) is 35.7. The molecule has 1 N–H and O–H groups in total. The maximum atomic E-state index is 12.1. The topological polar surface area (TPSA) is 94.8 Å². The van der Waals surface area contributed by atoms with E-state index in [-0.39, 0.29) is 17.1 Å². The molecule has 0 saturated carbocycles. The number of hydrogen-bond acceptors (Lipinski definition) is 6. The Hall–Kier alpha value is -3.75. The van der Waals surface area contributed by atoms with E-state index in [2.05, 4.69) is 4.74 Å². The third kappa shape index (κ3) is 4.70. The number of ether oxygens (including phenoxy) is 2. The molecule has 0 aliphatic heterocycles. The van der Waals surface area contributed by atoms with E-state index in [1.54, 1.807) is 24.3 Å². The monoisotopic (exact) mass is 389 g/mol. The summed E-state index contributed by atoms with van der Waals surface area (Å²) in [5, 5.41) is 2.72. The average molecular weight is 389 g/mol. The number of furan rings is 1. The molecule has 9 heteroatoms. The number of rotatable bonds is 6. The number of amides is 2. The van der Waals surface area contributed by atoms with E-state index in [1.807, 2.05) is 5.32 Å². The van der Waals surface area contributed by atoms with Crippen LogP contribution in [0.15, 0.2) is 59.0 Å². The first-order valence-corrected chi connectivity index (χ1v) is 7.97. The summed E-state index contributed by atoms with van der Waals surface area (Å²) in [7, 11) is 0. The number of fused-ring (bicyclic) bond motifs is 1. The zero-order valence-electron chi connectivity index (χ0n) is 14.2. The van der Waals surface area contributed by atoms with Crippen molar-refractivity contribution >= 4 is 28.8 Å². The third-order valence-corrected chi connectivity index (χ3v) is 3.56. The molecule has 1 aromatic heterocycles. The van der Waals surface area contributed by atoms with Crippen molar-refractivity contribution in [3.8, 4) is 5.75 Å². The third-order valence-electron chi connectivity index (χ3n) is 3.56. The summed E-state index contributed by atoms with van der Waals surface area (Å²) in [6.07, 6.45) is 0. The molecule has 2 amide bonds. The number of carbonyl (C=O) groups is 3. The van der Waals surface area contributed by atoms with E-state index < -0.39 is 31.0 Å². The molecule has 28 heavy (non-hydrogen) atoms. The first-order valence-electron chi connectivity index (χ1n) is 7.97. The van der Waals surface area contributed by atoms with Crippen LogP contribution < -0.4 is 10.1 Å². The highest BCUT2D eigenvalue weighted by molar-refractivity contribution is 6.05. The smallest absolute Gasteiger partial charge is 0.387 e. The molecule has 0 saturated heterocycles. The van der Waals surface area contributed by atoms with Crippen LogP contribution in [0.1, 0.15) is 20.9 Å². The van der Waals surface area contributed by atoms with E-state index in [0.29, 0.717) is 11.0 Å². The number of imide groups is 1. The number of nitrogens with one attached hydrogen (secondary N) is 1. The van der Waals surface area contributed by atoms with E-state index in [4.69, 9.17) is 9.15 Å². The fourth-order valence-electron chi connectivity index (χ4n) is 2.31. The normalized spacial score (nSPS) is 10.7. The van der Waals surface area contributed by atoms with Gasteiger partial charge in [-0.3, -0.25) is 14.9 Å². The van der Waals surface area contributed by atoms with Crippen LogP contribution in [0.3, 0.4) is 0 Å². The van der Waals surface area contributed by atoms with Crippen LogP contribution in [-0.2, 0) is 9.53 Å². The van der Waals surface area contributed by atoms with Crippen molar-refractivity contribution in [2.75, 3.05) is 6.61 Å². The molecule has 0 unspecified atom stereocenters. The fraction of sp³-hybridized carbons (Fsp3) is 0.105. The molecule has 0 spiro atoms. The Morgan fingerprint density at radius 3 is 2.43 bits per heavy atom. The predicted molar refractivity (Wildman–Crippen MR) is 92.0 cm³/mol. The van der Waals surface area contributed by atoms with Gasteiger partial charge >= 0.3 is 12.6 Å². The molecule has 0 bridgehead atoms. The number of benzene rings is 2. The molecule has 2 aromatic carbocycles. The lowest BCUT2D eigenvalue weighted by Crippen LogP contribution is -2.34. The van der Waals surface area contributed by atoms with Gasteiger partial charge in [-0.15, -0.1) is 0 Å². The molecule has 1 heterocycles. The summed E-state index contributed by atoms with van der Waals surface area (Å²) in [6, 6.07) is 13.2. The minimum Gasteiger partial charge on any atom is -0.450 e. The number of hydrogen-bond donors (Lipinski definition) is 1. The van der Waals surface area contributed by atoms with Crippen LogP contribution in [0, 0.1) is 0 Å². The van der Waals surface area contributed by atoms with E-state index in [0.717, 1.165) is 12.1 Å². The first-order chi connectivity index (χ1) is 13.4. The number of alkyl halides is 2. The van der Waals surface area contributed by atoms with Crippen LogP contribution in [0.4, 0.5) is 8.78 Å². The van der Waals surface area contributed by atoms with Gasteiger partial charge in [0, 0.05) is 10.9 Å². The zero-order valence-corrected chi connectivity index (χ0v) is 14.2. The minimum atomic E-state index is -2.98. The Balaban J connectivity index is 1.52. The van der Waals surface area contributed by atoms with Gasteiger partial charge in [0.05, 0.1) is 0 Å². The molecular formula is C19H13F2NO6. The molecular weight excluding hydrogens is 376 g/mol. The molecule has 0 fully saturated rings. The maximum absolute atomic E-state index is 12.1.